The predicted molar refractivity (Wildman–Crippen MR) is 79.6 cm³/mol. The molecule has 0 fully saturated rings. The standard InChI is InChI=1S/C17H15NO3/c1-12-5-8-15(9-6-12)18-17(21)14-4-2-3-13(11-14)7-10-16(19)20/h2-11H,1H3,(H,18,21)(H,19,20)/p-1/b10-7+. The quantitative estimate of drug-likeness (QED) is 0.871. The van der Waals surface area contributed by atoms with Gasteiger partial charge in [-0.3, -0.25) is 4.79 Å². The highest BCUT2D eigenvalue weighted by Crippen LogP contribution is 2.12. The molecule has 2 rings (SSSR count). The largest absolute Gasteiger partial charge is 0.545 e. The van der Waals surface area contributed by atoms with Crippen LogP contribution >= 0.6 is 0 Å². The number of aliphatic carboxylic acids is 1. The minimum Gasteiger partial charge on any atom is -0.545 e. The highest BCUT2D eigenvalue weighted by atomic mass is 16.4. The van der Waals surface area contributed by atoms with Crippen molar-refractivity contribution in [2.24, 2.45) is 0 Å². The van der Waals surface area contributed by atoms with Crippen molar-refractivity contribution in [2.45, 2.75) is 6.92 Å². The van der Waals surface area contributed by atoms with E-state index in [4.69, 9.17) is 0 Å². The summed E-state index contributed by atoms with van der Waals surface area (Å²) in [7, 11) is 0. The molecule has 0 bridgehead atoms. The van der Waals surface area contributed by atoms with Gasteiger partial charge in [-0.2, -0.15) is 0 Å². The maximum Gasteiger partial charge on any atom is 0.255 e. The van der Waals surface area contributed by atoms with E-state index in [0.717, 1.165) is 11.6 Å². The Morgan fingerprint density at radius 1 is 1.10 bits per heavy atom. The van der Waals surface area contributed by atoms with E-state index >= 15 is 0 Å². The number of hydrogen-bond donors (Lipinski definition) is 1. The maximum atomic E-state index is 12.1. The molecule has 4 nitrogen and oxygen atoms in total. The highest BCUT2D eigenvalue weighted by molar-refractivity contribution is 6.04. The summed E-state index contributed by atoms with van der Waals surface area (Å²) in [4.78, 5) is 22.5. The van der Waals surface area contributed by atoms with Crippen LogP contribution in [0.3, 0.4) is 0 Å². The number of anilines is 1. The van der Waals surface area contributed by atoms with Crippen molar-refractivity contribution in [2.75, 3.05) is 5.32 Å². The fourth-order valence-electron chi connectivity index (χ4n) is 1.79. The summed E-state index contributed by atoms with van der Waals surface area (Å²) in [5.41, 5.74) is 2.90. The SMILES string of the molecule is Cc1ccc(NC(=O)c2cccc(/C=C/C(=O)[O-])c2)cc1. The Balaban J connectivity index is 2.14. The molecule has 0 aliphatic rings. The van der Waals surface area contributed by atoms with Gasteiger partial charge in [-0.25, -0.2) is 0 Å². The summed E-state index contributed by atoms with van der Waals surface area (Å²) in [5.74, 6) is -1.52. The fourth-order valence-corrected chi connectivity index (χ4v) is 1.79. The van der Waals surface area contributed by atoms with E-state index in [1.54, 1.807) is 24.3 Å². The Bertz CT molecular complexity index is 687. The van der Waals surface area contributed by atoms with E-state index in [2.05, 4.69) is 5.32 Å². The van der Waals surface area contributed by atoms with Gasteiger partial charge in [0.1, 0.15) is 0 Å². The predicted octanol–water partition coefficient (Wildman–Crippen LogP) is 2.01. The number of benzene rings is 2. The number of hydrogen-bond acceptors (Lipinski definition) is 3. The van der Waals surface area contributed by atoms with Gasteiger partial charge in [0, 0.05) is 11.3 Å². The zero-order valence-corrected chi connectivity index (χ0v) is 11.5. The highest BCUT2D eigenvalue weighted by Gasteiger charge is 2.05. The molecular weight excluding hydrogens is 266 g/mol. The molecule has 0 aliphatic heterocycles. The van der Waals surface area contributed by atoms with Crippen molar-refractivity contribution >= 4 is 23.6 Å². The summed E-state index contributed by atoms with van der Waals surface area (Å²) >= 11 is 0. The molecule has 4 heteroatoms. The molecule has 0 aromatic heterocycles. The lowest BCUT2D eigenvalue weighted by Crippen LogP contribution is -2.18. The number of amides is 1. The van der Waals surface area contributed by atoms with Crippen LogP contribution in [-0.2, 0) is 4.79 Å². The number of aryl methyl sites for hydroxylation is 1. The van der Waals surface area contributed by atoms with E-state index in [0.29, 0.717) is 16.8 Å². The molecule has 1 N–H and O–H groups in total. The first-order valence-corrected chi connectivity index (χ1v) is 6.42. The van der Waals surface area contributed by atoms with Gasteiger partial charge in [0.25, 0.3) is 5.91 Å². The number of rotatable bonds is 4. The van der Waals surface area contributed by atoms with Crippen molar-refractivity contribution in [3.8, 4) is 0 Å². The van der Waals surface area contributed by atoms with E-state index in [-0.39, 0.29) is 5.91 Å². The van der Waals surface area contributed by atoms with Gasteiger partial charge in [0.15, 0.2) is 0 Å². The van der Waals surface area contributed by atoms with Crippen LogP contribution in [-0.4, -0.2) is 11.9 Å². The molecule has 0 saturated carbocycles. The molecule has 106 valence electrons. The van der Waals surface area contributed by atoms with Crippen LogP contribution in [0, 0.1) is 6.92 Å². The van der Waals surface area contributed by atoms with Crippen LogP contribution in [0.1, 0.15) is 21.5 Å². The fraction of sp³-hybridized carbons (Fsp3) is 0.0588. The van der Waals surface area contributed by atoms with Crippen LogP contribution in [0.2, 0.25) is 0 Å². The van der Waals surface area contributed by atoms with Gasteiger partial charge in [0.05, 0.1) is 5.97 Å². The summed E-state index contributed by atoms with van der Waals surface area (Å²) in [6.45, 7) is 1.97. The normalized spacial score (nSPS) is 10.5. The lowest BCUT2D eigenvalue weighted by Gasteiger charge is -2.06. The first-order chi connectivity index (χ1) is 10.0. The van der Waals surface area contributed by atoms with E-state index in [1.807, 2.05) is 31.2 Å². The lowest BCUT2D eigenvalue weighted by atomic mass is 10.1. The zero-order chi connectivity index (χ0) is 15.2. The topological polar surface area (TPSA) is 69.2 Å². The first-order valence-electron chi connectivity index (χ1n) is 6.42. The third kappa shape index (κ3) is 4.31. The summed E-state index contributed by atoms with van der Waals surface area (Å²) < 4.78 is 0. The van der Waals surface area contributed by atoms with E-state index in [9.17, 15) is 14.7 Å². The van der Waals surface area contributed by atoms with Crippen molar-refractivity contribution in [1.29, 1.82) is 0 Å². The Labute approximate surface area is 122 Å². The summed E-state index contributed by atoms with van der Waals surface area (Å²) in [5, 5.41) is 13.2. The summed E-state index contributed by atoms with van der Waals surface area (Å²) in [6.07, 6.45) is 2.31. The molecule has 0 aliphatic carbocycles. The Morgan fingerprint density at radius 2 is 1.81 bits per heavy atom. The van der Waals surface area contributed by atoms with E-state index < -0.39 is 5.97 Å². The molecule has 0 heterocycles. The number of carbonyl (C=O) groups is 2. The maximum absolute atomic E-state index is 12.1. The molecule has 0 saturated heterocycles. The Morgan fingerprint density at radius 3 is 2.48 bits per heavy atom. The molecular formula is C17H14NO3-. The van der Waals surface area contributed by atoms with Gasteiger partial charge >= 0.3 is 0 Å². The van der Waals surface area contributed by atoms with Crippen LogP contribution < -0.4 is 10.4 Å². The van der Waals surface area contributed by atoms with Gasteiger partial charge < -0.3 is 15.2 Å². The van der Waals surface area contributed by atoms with Crippen molar-refractivity contribution in [3.63, 3.8) is 0 Å². The van der Waals surface area contributed by atoms with Gasteiger partial charge in [-0.1, -0.05) is 35.9 Å². The monoisotopic (exact) mass is 280 g/mol. The molecule has 2 aromatic carbocycles. The third-order valence-electron chi connectivity index (χ3n) is 2.87. The summed E-state index contributed by atoms with van der Waals surface area (Å²) in [6, 6.07) is 14.2. The minimum absolute atomic E-state index is 0.248. The molecule has 21 heavy (non-hydrogen) atoms. The van der Waals surface area contributed by atoms with Crippen molar-refractivity contribution < 1.29 is 14.7 Å². The first kappa shape index (κ1) is 14.5. The second-order valence-corrected chi connectivity index (χ2v) is 4.60. The lowest BCUT2D eigenvalue weighted by molar-refractivity contribution is -0.297. The number of carboxylic acids is 1. The Hall–Kier alpha value is -2.88. The second-order valence-electron chi connectivity index (χ2n) is 4.60. The van der Waals surface area contributed by atoms with Gasteiger partial charge in [-0.15, -0.1) is 0 Å². The van der Waals surface area contributed by atoms with Crippen molar-refractivity contribution in [3.05, 3.63) is 71.3 Å². The van der Waals surface area contributed by atoms with Gasteiger partial charge in [-0.05, 0) is 42.8 Å². The average molecular weight is 280 g/mol. The molecule has 0 atom stereocenters. The van der Waals surface area contributed by atoms with Crippen LogP contribution in [0.25, 0.3) is 6.08 Å². The van der Waals surface area contributed by atoms with Crippen LogP contribution in [0.4, 0.5) is 5.69 Å². The molecule has 1 amide bonds. The van der Waals surface area contributed by atoms with Crippen LogP contribution in [0.5, 0.6) is 0 Å². The third-order valence-corrected chi connectivity index (χ3v) is 2.87. The van der Waals surface area contributed by atoms with E-state index in [1.165, 1.54) is 6.08 Å². The average Bonchev–Trinajstić information content (AvgIpc) is 2.48. The molecule has 0 radical (unpaired) electrons. The Kier molecular flexibility index (Phi) is 4.51. The zero-order valence-electron chi connectivity index (χ0n) is 11.5. The number of carbonyl (C=O) groups excluding carboxylic acids is 2. The van der Waals surface area contributed by atoms with Gasteiger partial charge in [0.2, 0.25) is 0 Å². The minimum atomic E-state index is -1.27. The molecule has 2 aromatic rings. The number of nitrogens with one attached hydrogen (secondary N) is 1. The molecule has 0 unspecified atom stereocenters. The smallest absolute Gasteiger partial charge is 0.255 e. The van der Waals surface area contributed by atoms with Crippen molar-refractivity contribution in [1.82, 2.24) is 0 Å². The number of carboxylic acid groups (broad SMARTS) is 1. The van der Waals surface area contributed by atoms with Crippen LogP contribution in [0.15, 0.2) is 54.6 Å². The molecule has 0 spiro atoms. The second kappa shape index (κ2) is 6.52.